The summed E-state index contributed by atoms with van der Waals surface area (Å²) in [4.78, 5) is 10.1. The third-order valence-corrected chi connectivity index (χ3v) is 2.22. The maximum absolute atomic E-state index is 12.3. The molecule has 0 unspecified atom stereocenters. The number of carbonyl (C=O) groups is 1. The standard InChI is InChI=1S/C5H4FN3.C5H5FN2O2.2C2H2F4.2CH4/c1-9-3-4(2-7)5(6)8-9;1-8-2-3(5(9)10)4(6)7-8;2*3-1-2(4,5)6;;/h3H,1H3;2H,1H3,(H,9,10);2*1H2;2*1H4. The van der Waals surface area contributed by atoms with Crippen LogP contribution in [0.1, 0.15) is 30.8 Å². The molecule has 2 aromatic heterocycles. The molecule has 0 saturated heterocycles. The van der Waals surface area contributed by atoms with Crippen LogP contribution >= 0.6 is 0 Å². The molecule has 192 valence electrons. The number of nitriles is 1. The molecule has 0 spiro atoms. The van der Waals surface area contributed by atoms with Crippen LogP contribution in [0.3, 0.4) is 0 Å². The van der Waals surface area contributed by atoms with E-state index in [-0.39, 0.29) is 20.4 Å². The van der Waals surface area contributed by atoms with Crippen LogP contribution in [0.2, 0.25) is 0 Å². The Morgan fingerprint density at radius 3 is 1.39 bits per heavy atom. The lowest BCUT2D eigenvalue weighted by atomic mass is 10.4. The number of hydrogen-bond donors (Lipinski definition) is 1. The quantitative estimate of drug-likeness (QED) is 0.551. The first-order chi connectivity index (χ1) is 14.0. The molecule has 7 nitrogen and oxygen atoms in total. The van der Waals surface area contributed by atoms with Crippen molar-refractivity contribution in [1.82, 2.24) is 19.6 Å². The highest BCUT2D eigenvalue weighted by Crippen LogP contribution is 2.14. The first-order valence-corrected chi connectivity index (χ1v) is 7.24. The van der Waals surface area contributed by atoms with E-state index in [0.717, 1.165) is 10.9 Å². The van der Waals surface area contributed by atoms with Crippen LogP contribution in [-0.2, 0) is 14.1 Å². The fraction of sp³-hybridized carbons (Fsp3) is 0.500. The lowest BCUT2D eigenvalue weighted by molar-refractivity contribution is -0.142. The Morgan fingerprint density at radius 1 is 0.939 bits per heavy atom. The third kappa shape index (κ3) is 19.1. The number of carboxylic acids is 1. The highest BCUT2D eigenvalue weighted by atomic mass is 19.4. The summed E-state index contributed by atoms with van der Waals surface area (Å²) in [5, 5.41) is 23.0. The number of alkyl halides is 8. The van der Waals surface area contributed by atoms with E-state index >= 15 is 0 Å². The second-order valence-electron chi connectivity index (χ2n) is 4.93. The van der Waals surface area contributed by atoms with Gasteiger partial charge in [0.05, 0.1) is 0 Å². The number of aryl methyl sites for hydroxylation is 2. The number of aromatic nitrogens is 4. The van der Waals surface area contributed by atoms with Crippen LogP contribution in [0.4, 0.5) is 43.9 Å². The van der Waals surface area contributed by atoms with E-state index in [0.29, 0.717) is 0 Å². The molecule has 33 heavy (non-hydrogen) atoms. The van der Waals surface area contributed by atoms with Crippen molar-refractivity contribution in [3.05, 3.63) is 35.4 Å². The van der Waals surface area contributed by atoms with Crippen LogP contribution in [0.5, 0.6) is 0 Å². The molecule has 0 saturated carbocycles. The molecule has 0 amide bonds. The van der Waals surface area contributed by atoms with Crippen LogP contribution < -0.4 is 0 Å². The molecule has 2 rings (SSSR count). The largest absolute Gasteiger partial charge is 0.477 e. The summed E-state index contributed by atoms with van der Waals surface area (Å²) in [6, 6.07) is 1.66. The summed E-state index contributed by atoms with van der Waals surface area (Å²) in [5.74, 6) is -2.96. The van der Waals surface area contributed by atoms with E-state index in [9.17, 15) is 48.7 Å². The van der Waals surface area contributed by atoms with Gasteiger partial charge in [-0.15, -0.1) is 10.2 Å². The molecular formula is C16H21F10N5O2. The van der Waals surface area contributed by atoms with Gasteiger partial charge >= 0.3 is 18.3 Å². The van der Waals surface area contributed by atoms with Gasteiger partial charge in [-0.3, -0.25) is 9.36 Å². The summed E-state index contributed by atoms with van der Waals surface area (Å²) in [6.07, 6.45) is -6.81. The average Bonchev–Trinajstić information content (AvgIpc) is 3.15. The van der Waals surface area contributed by atoms with E-state index in [4.69, 9.17) is 10.4 Å². The maximum Gasteiger partial charge on any atom is 0.416 e. The highest BCUT2D eigenvalue weighted by molar-refractivity contribution is 5.87. The van der Waals surface area contributed by atoms with Gasteiger partial charge in [0.15, 0.2) is 13.3 Å². The minimum Gasteiger partial charge on any atom is -0.477 e. The first kappa shape index (κ1) is 37.0. The first-order valence-electron chi connectivity index (χ1n) is 7.24. The van der Waals surface area contributed by atoms with E-state index in [1.807, 2.05) is 0 Å². The summed E-state index contributed by atoms with van der Waals surface area (Å²) in [5.41, 5.74) is -0.417. The molecule has 0 aromatic carbocycles. The molecule has 2 aromatic rings. The Hall–Kier alpha value is -3.32. The zero-order chi connectivity index (χ0) is 25.0. The van der Waals surface area contributed by atoms with E-state index in [1.54, 1.807) is 13.1 Å². The minimum absolute atomic E-state index is 0. The monoisotopic (exact) mass is 505 g/mol. The molecule has 0 aliphatic carbocycles. The predicted molar refractivity (Wildman–Crippen MR) is 95.5 cm³/mol. The summed E-state index contributed by atoms with van der Waals surface area (Å²) >= 11 is 0. The predicted octanol–water partition coefficient (Wildman–Crippen LogP) is 5.00. The van der Waals surface area contributed by atoms with Gasteiger partial charge in [0.25, 0.3) is 0 Å². The molecule has 2 heterocycles. The van der Waals surface area contributed by atoms with Gasteiger partial charge in [0.2, 0.25) is 11.9 Å². The lowest BCUT2D eigenvalue weighted by Gasteiger charge is -1.93. The Balaban J connectivity index is -0.000000171. The van der Waals surface area contributed by atoms with Gasteiger partial charge in [-0.2, -0.15) is 40.4 Å². The normalized spacial score (nSPS) is 9.79. The molecular weight excluding hydrogens is 484 g/mol. The van der Waals surface area contributed by atoms with Gasteiger partial charge in [-0.25, -0.2) is 13.6 Å². The van der Waals surface area contributed by atoms with Gasteiger partial charge < -0.3 is 5.11 Å². The fourth-order valence-corrected chi connectivity index (χ4v) is 1.14. The Bertz CT molecular complexity index is 839. The third-order valence-electron chi connectivity index (χ3n) is 2.22. The number of rotatable bonds is 1. The van der Waals surface area contributed by atoms with Crippen LogP contribution in [0.15, 0.2) is 12.4 Å². The fourth-order valence-electron chi connectivity index (χ4n) is 1.14. The van der Waals surface area contributed by atoms with Crippen molar-refractivity contribution >= 4 is 5.97 Å². The van der Waals surface area contributed by atoms with Crippen molar-refractivity contribution in [3.63, 3.8) is 0 Å². The summed E-state index contributed by atoms with van der Waals surface area (Å²) in [7, 11) is 3.01. The Morgan fingerprint density at radius 2 is 1.27 bits per heavy atom. The molecule has 17 heteroatoms. The van der Waals surface area contributed by atoms with Gasteiger partial charge in [-0.05, 0) is 0 Å². The zero-order valence-corrected chi connectivity index (χ0v) is 15.4. The molecule has 0 aliphatic heterocycles. The van der Waals surface area contributed by atoms with Crippen molar-refractivity contribution in [1.29, 1.82) is 5.26 Å². The number of hydrogen-bond acceptors (Lipinski definition) is 4. The van der Waals surface area contributed by atoms with Crippen molar-refractivity contribution < 1.29 is 53.8 Å². The molecule has 0 aliphatic rings. The van der Waals surface area contributed by atoms with Crippen molar-refractivity contribution in [3.8, 4) is 6.07 Å². The van der Waals surface area contributed by atoms with Crippen molar-refractivity contribution in [2.75, 3.05) is 13.3 Å². The summed E-state index contributed by atoms with van der Waals surface area (Å²) in [6.45, 7) is -4.46. The average molecular weight is 505 g/mol. The number of carboxylic acid groups (broad SMARTS) is 1. The van der Waals surface area contributed by atoms with Gasteiger partial charge in [0.1, 0.15) is 17.2 Å². The second-order valence-corrected chi connectivity index (χ2v) is 4.93. The topological polar surface area (TPSA) is 96.7 Å². The second kappa shape index (κ2) is 16.3. The van der Waals surface area contributed by atoms with Crippen molar-refractivity contribution in [2.24, 2.45) is 14.1 Å². The van der Waals surface area contributed by atoms with E-state index in [1.165, 1.54) is 17.9 Å². The Labute approximate surface area is 181 Å². The smallest absolute Gasteiger partial charge is 0.416 e. The minimum atomic E-state index is -4.62. The van der Waals surface area contributed by atoms with E-state index in [2.05, 4.69) is 10.2 Å². The van der Waals surface area contributed by atoms with Crippen LogP contribution in [0, 0.1) is 23.2 Å². The zero-order valence-electron chi connectivity index (χ0n) is 15.4. The van der Waals surface area contributed by atoms with Gasteiger partial charge in [0, 0.05) is 26.5 Å². The van der Waals surface area contributed by atoms with E-state index < -0.39 is 49.1 Å². The molecule has 0 atom stereocenters. The van der Waals surface area contributed by atoms with Crippen LogP contribution in [-0.4, -0.2) is 56.3 Å². The Kier molecular flexibility index (Phi) is 18.3. The number of nitrogens with zero attached hydrogens (tertiary/aromatic N) is 5. The molecule has 0 radical (unpaired) electrons. The SMILES string of the molecule is C.C.Cn1cc(C#N)c(F)n1.Cn1cc(C(=O)O)c(F)n1.FCC(F)(F)F.FCC(F)(F)F. The summed E-state index contributed by atoms with van der Waals surface area (Å²) < 4.78 is 110. The highest BCUT2D eigenvalue weighted by Gasteiger charge is 2.26. The molecule has 1 N–H and O–H groups in total. The molecule has 0 bridgehead atoms. The number of halogens is 10. The molecule has 0 fully saturated rings. The van der Waals surface area contributed by atoms with Gasteiger partial charge in [-0.1, -0.05) is 14.9 Å². The maximum atomic E-state index is 12.3. The van der Waals surface area contributed by atoms with Crippen molar-refractivity contribution in [2.45, 2.75) is 27.2 Å². The van der Waals surface area contributed by atoms with Crippen LogP contribution in [0.25, 0.3) is 0 Å². The lowest BCUT2D eigenvalue weighted by Crippen LogP contribution is -2.08. The number of aromatic carboxylic acids is 1.